The third kappa shape index (κ3) is 3.17. The van der Waals surface area contributed by atoms with Crippen LogP contribution in [0.3, 0.4) is 0 Å². The molecule has 130 valence electrons. The van der Waals surface area contributed by atoms with Crippen LogP contribution in [0.2, 0.25) is 0 Å². The standard InChI is InChI=1S/C20H22FN3O/c1-13(22)20-23-18-8-7-15(21)9-19(18)24(20)16-10-17(11-16)25-12-14-5-3-2-4-6-14/h2-9,13,16-17H,10-12,22H2,1H3/t13-,16?,17?/m0/s1. The average Bonchev–Trinajstić information content (AvgIpc) is 2.93. The van der Waals surface area contributed by atoms with E-state index in [2.05, 4.69) is 21.7 Å². The van der Waals surface area contributed by atoms with E-state index in [0.717, 1.165) is 29.7 Å². The summed E-state index contributed by atoms with van der Waals surface area (Å²) in [7, 11) is 0. The van der Waals surface area contributed by atoms with Gasteiger partial charge in [-0.1, -0.05) is 30.3 Å². The molecule has 1 heterocycles. The minimum Gasteiger partial charge on any atom is -0.373 e. The molecule has 4 rings (SSSR count). The van der Waals surface area contributed by atoms with Gasteiger partial charge in [0.1, 0.15) is 11.6 Å². The molecule has 1 aromatic heterocycles. The number of nitrogens with zero attached hydrogens (tertiary/aromatic N) is 2. The molecule has 1 fully saturated rings. The van der Waals surface area contributed by atoms with Crippen molar-refractivity contribution in [2.75, 3.05) is 0 Å². The number of fused-ring (bicyclic) bond motifs is 1. The maximum Gasteiger partial charge on any atom is 0.126 e. The molecule has 1 atom stereocenters. The lowest BCUT2D eigenvalue weighted by Crippen LogP contribution is -2.34. The summed E-state index contributed by atoms with van der Waals surface area (Å²) in [5.74, 6) is 0.563. The first kappa shape index (κ1) is 16.2. The number of aromatic nitrogens is 2. The number of halogens is 1. The fourth-order valence-electron chi connectivity index (χ4n) is 3.46. The van der Waals surface area contributed by atoms with Crippen molar-refractivity contribution >= 4 is 11.0 Å². The predicted octanol–water partition coefficient (Wildman–Crippen LogP) is 4.12. The first-order valence-electron chi connectivity index (χ1n) is 8.70. The van der Waals surface area contributed by atoms with Crippen LogP contribution in [-0.2, 0) is 11.3 Å². The Balaban J connectivity index is 1.49. The van der Waals surface area contributed by atoms with Gasteiger partial charge in [-0.15, -0.1) is 0 Å². The smallest absolute Gasteiger partial charge is 0.126 e. The lowest BCUT2D eigenvalue weighted by molar-refractivity contribution is -0.0355. The molecule has 0 spiro atoms. The van der Waals surface area contributed by atoms with Gasteiger partial charge in [0.2, 0.25) is 0 Å². The van der Waals surface area contributed by atoms with Crippen LogP contribution in [0.5, 0.6) is 0 Å². The summed E-state index contributed by atoms with van der Waals surface area (Å²) in [6.45, 7) is 2.54. The van der Waals surface area contributed by atoms with Crippen molar-refractivity contribution < 1.29 is 9.13 Å². The molecular formula is C20H22FN3O. The third-order valence-electron chi connectivity index (χ3n) is 4.85. The predicted molar refractivity (Wildman–Crippen MR) is 95.6 cm³/mol. The number of imidazole rings is 1. The molecule has 0 saturated heterocycles. The van der Waals surface area contributed by atoms with Gasteiger partial charge >= 0.3 is 0 Å². The first-order chi connectivity index (χ1) is 12.1. The molecule has 0 radical (unpaired) electrons. The Labute approximate surface area is 146 Å². The quantitative estimate of drug-likeness (QED) is 0.761. The Bertz CT molecular complexity index is 869. The molecule has 0 aliphatic heterocycles. The summed E-state index contributed by atoms with van der Waals surface area (Å²) >= 11 is 0. The van der Waals surface area contributed by atoms with E-state index in [1.165, 1.54) is 11.6 Å². The van der Waals surface area contributed by atoms with Crippen molar-refractivity contribution in [1.29, 1.82) is 0 Å². The van der Waals surface area contributed by atoms with Gasteiger partial charge in [-0.05, 0) is 43.5 Å². The van der Waals surface area contributed by atoms with E-state index in [9.17, 15) is 4.39 Å². The molecule has 0 amide bonds. The minimum absolute atomic E-state index is 0.195. The Morgan fingerprint density at radius 2 is 2.00 bits per heavy atom. The van der Waals surface area contributed by atoms with E-state index in [0.29, 0.717) is 6.61 Å². The maximum atomic E-state index is 13.7. The van der Waals surface area contributed by atoms with E-state index >= 15 is 0 Å². The number of rotatable bonds is 5. The number of nitrogens with two attached hydrogens (primary N) is 1. The lowest BCUT2D eigenvalue weighted by Gasteiger charge is -2.37. The van der Waals surface area contributed by atoms with Gasteiger partial charge < -0.3 is 15.0 Å². The molecular weight excluding hydrogens is 317 g/mol. The molecule has 5 heteroatoms. The van der Waals surface area contributed by atoms with Gasteiger partial charge in [0.05, 0.1) is 29.8 Å². The lowest BCUT2D eigenvalue weighted by atomic mass is 9.88. The molecule has 4 nitrogen and oxygen atoms in total. The van der Waals surface area contributed by atoms with Crippen molar-refractivity contribution in [2.45, 2.75) is 44.6 Å². The third-order valence-corrected chi connectivity index (χ3v) is 4.85. The SMILES string of the molecule is C[C@H](N)c1nc2ccc(F)cc2n1C1CC(OCc2ccccc2)C1. The van der Waals surface area contributed by atoms with E-state index in [4.69, 9.17) is 10.5 Å². The van der Waals surface area contributed by atoms with Crippen molar-refractivity contribution in [3.8, 4) is 0 Å². The second kappa shape index (κ2) is 6.58. The second-order valence-corrected chi connectivity index (χ2v) is 6.81. The van der Waals surface area contributed by atoms with Gasteiger partial charge in [-0.2, -0.15) is 0 Å². The van der Waals surface area contributed by atoms with Gasteiger partial charge in [0.25, 0.3) is 0 Å². The summed E-state index contributed by atoms with van der Waals surface area (Å²) in [6.07, 6.45) is 2.01. The topological polar surface area (TPSA) is 53.1 Å². The molecule has 1 aliphatic rings. The van der Waals surface area contributed by atoms with Gasteiger partial charge in [-0.3, -0.25) is 0 Å². The molecule has 2 N–H and O–H groups in total. The van der Waals surface area contributed by atoms with Crippen LogP contribution in [0.25, 0.3) is 11.0 Å². The fraction of sp³-hybridized carbons (Fsp3) is 0.350. The van der Waals surface area contributed by atoms with Gasteiger partial charge in [0, 0.05) is 6.04 Å². The molecule has 25 heavy (non-hydrogen) atoms. The van der Waals surface area contributed by atoms with Crippen LogP contribution in [0.15, 0.2) is 48.5 Å². The number of benzene rings is 2. The average molecular weight is 339 g/mol. The van der Waals surface area contributed by atoms with Crippen molar-refractivity contribution in [2.24, 2.45) is 5.73 Å². The fourth-order valence-corrected chi connectivity index (χ4v) is 3.46. The molecule has 0 bridgehead atoms. The Kier molecular flexibility index (Phi) is 4.27. The summed E-state index contributed by atoms with van der Waals surface area (Å²) in [5, 5.41) is 0. The van der Waals surface area contributed by atoms with Crippen LogP contribution < -0.4 is 5.73 Å². The second-order valence-electron chi connectivity index (χ2n) is 6.81. The number of ether oxygens (including phenoxy) is 1. The first-order valence-corrected chi connectivity index (χ1v) is 8.70. The van der Waals surface area contributed by atoms with Crippen LogP contribution >= 0.6 is 0 Å². The van der Waals surface area contributed by atoms with Crippen LogP contribution in [-0.4, -0.2) is 15.7 Å². The Hall–Kier alpha value is -2.24. The highest BCUT2D eigenvalue weighted by Gasteiger charge is 2.34. The summed E-state index contributed by atoms with van der Waals surface area (Å²) in [4.78, 5) is 4.61. The van der Waals surface area contributed by atoms with E-state index < -0.39 is 0 Å². The van der Waals surface area contributed by atoms with Gasteiger partial charge in [0.15, 0.2) is 0 Å². The normalized spacial score (nSPS) is 21.2. The zero-order valence-corrected chi connectivity index (χ0v) is 14.2. The highest BCUT2D eigenvalue weighted by Crippen LogP contribution is 2.39. The van der Waals surface area contributed by atoms with Crippen LogP contribution in [0, 0.1) is 5.82 Å². The molecule has 3 aromatic rings. The molecule has 2 aromatic carbocycles. The van der Waals surface area contributed by atoms with E-state index in [1.807, 2.05) is 25.1 Å². The highest BCUT2D eigenvalue weighted by atomic mass is 19.1. The van der Waals surface area contributed by atoms with E-state index in [1.54, 1.807) is 12.1 Å². The highest BCUT2D eigenvalue weighted by molar-refractivity contribution is 5.76. The van der Waals surface area contributed by atoms with Crippen molar-refractivity contribution in [1.82, 2.24) is 9.55 Å². The zero-order chi connectivity index (χ0) is 17.4. The minimum atomic E-state index is -0.249. The van der Waals surface area contributed by atoms with E-state index in [-0.39, 0.29) is 24.0 Å². The number of hydrogen-bond donors (Lipinski definition) is 1. The summed E-state index contributed by atoms with van der Waals surface area (Å²) < 4.78 is 21.8. The summed E-state index contributed by atoms with van der Waals surface area (Å²) in [6, 6.07) is 14.9. The van der Waals surface area contributed by atoms with Crippen LogP contribution in [0.4, 0.5) is 4.39 Å². The molecule has 0 unspecified atom stereocenters. The Morgan fingerprint density at radius 1 is 1.24 bits per heavy atom. The number of hydrogen-bond acceptors (Lipinski definition) is 3. The Morgan fingerprint density at radius 3 is 2.72 bits per heavy atom. The molecule has 1 aliphatic carbocycles. The largest absolute Gasteiger partial charge is 0.373 e. The zero-order valence-electron chi connectivity index (χ0n) is 14.2. The molecule has 1 saturated carbocycles. The summed E-state index contributed by atoms with van der Waals surface area (Å²) in [5.41, 5.74) is 8.88. The van der Waals surface area contributed by atoms with Crippen molar-refractivity contribution in [3.05, 3.63) is 65.7 Å². The maximum absolute atomic E-state index is 13.7. The monoisotopic (exact) mass is 339 g/mol. The van der Waals surface area contributed by atoms with Crippen molar-refractivity contribution in [3.63, 3.8) is 0 Å². The van der Waals surface area contributed by atoms with Crippen LogP contribution in [0.1, 0.15) is 43.2 Å². The van der Waals surface area contributed by atoms with Gasteiger partial charge in [-0.25, -0.2) is 9.37 Å².